The zero-order valence-corrected chi connectivity index (χ0v) is 9.59. The maximum Gasteiger partial charge on any atom is 0 e. The second-order valence-electron chi connectivity index (χ2n) is 2.14. The third-order valence-electron chi connectivity index (χ3n) is 1.02. The van der Waals surface area contributed by atoms with Gasteiger partial charge in [0.05, 0.1) is 0 Å². The van der Waals surface area contributed by atoms with Gasteiger partial charge in [0, 0.05) is 16.8 Å². The molecule has 0 unspecified atom stereocenters. The molecule has 0 aliphatic heterocycles. The van der Waals surface area contributed by atoms with Crippen molar-refractivity contribution in [3.8, 4) is 0 Å². The number of hydrogen-bond donors (Lipinski definition) is 0. The van der Waals surface area contributed by atoms with Gasteiger partial charge in [-0.15, -0.1) is 6.92 Å². The van der Waals surface area contributed by atoms with Crippen molar-refractivity contribution < 1.29 is 16.8 Å². The van der Waals surface area contributed by atoms with Crippen LogP contribution in [-0.2, 0) is 16.8 Å². The minimum atomic E-state index is 0. The maximum absolute atomic E-state index is 3.36. The summed E-state index contributed by atoms with van der Waals surface area (Å²) in [4.78, 5) is 0. The van der Waals surface area contributed by atoms with Gasteiger partial charge < -0.3 is 0 Å². The molecule has 0 aliphatic carbocycles. The van der Waals surface area contributed by atoms with Gasteiger partial charge in [0.25, 0.3) is 0 Å². The van der Waals surface area contributed by atoms with E-state index in [0.29, 0.717) is 0 Å². The van der Waals surface area contributed by atoms with Crippen molar-refractivity contribution in [2.24, 2.45) is 0 Å². The molecular weight excluding hydrogens is 203 g/mol. The largest absolute Gasteiger partial charge is 0.279 e. The molecule has 0 heterocycles. The van der Waals surface area contributed by atoms with Crippen LogP contribution < -0.4 is 0 Å². The van der Waals surface area contributed by atoms with E-state index in [4.69, 9.17) is 0 Å². The first kappa shape index (κ1) is 18.3. The summed E-state index contributed by atoms with van der Waals surface area (Å²) in [5.74, 6) is 0. The third-order valence-corrected chi connectivity index (χ3v) is 1.02. The summed E-state index contributed by atoms with van der Waals surface area (Å²) in [5, 5.41) is 0. The molecule has 0 saturated heterocycles. The van der Waals surface area contributed by atoms with Crippen LogP contribution >= 0.6 is 0 Å². The molecule has 77 valence electrons. The van der Waals surface area contributed by atoms with Crippen LogP contribution in [0.3, 0.4) is 0 Å². The monoisotopic (exact) mass is 222 g/mol. The SMILES string of the molecule is C=CC=C.C[C-]=CC=CCCC.[Co]. The van der Waals surface area contributed by atoms with E-state index >= 15 is 0 Å². The summed E-state index contributed by atoms with van der Waals surface area (Å²) < 4.78 is 0. The zero-order valence-electron chi connectivity index (χ0n) is 8.55. The van der Waals surface area contributed by atoms with Gasteiger partial charge in [-0.2, -0.15) is 6.08 Å². The minimum Gasteiger partial charge on any atom is -0.279 e. The Balaban J connectivity index is -0.000000173. The van der Waals surface area contributed by atoms with Crippen LogP contribution in [0, 0.1) is 6.08 Å². The van der Waals surface area contributed by atoms with E-state index in [1.807, 2.05) is 19.1 Å². The second-order valence-corrected chi connectivity index (χ2v) is 2.14. The molecule has 0 fully saturated rings. The summed E-state index contributed by atoms with van der Waals surface area (Å²) in [7, 11) is 0. The first-order chi connectivity index (χ1) is 5.83. The predicted octanol–water partition coefficient (Wildman–Crippen LogP) is 4.08. The molecule has 0 spiro atoms. The van der Waals surface area contributed by atoms with Crippen LogP contribution in [0.2, 0.25) is 0 Å². The van der Waals surface area contributed by atoms with Crippen LogP contribution in [0.15, 0.2) is 43.5 Å². The van der Waals surface area contributed by atoms with Crippen molar-refractivity contribution in [2.45, 2.75) is 26.7 Å². The van der Waals surface area contributed by atoms with E-state index < -0.39 is 0 Å². The number of hydrogen-bond acceptors (Lipinski definition) is 0. The van der Waals surface area contributed by atoms with Gasteiger partial charge in [-0.25, -0.2) is 12.2 Å². The number of rotatable bonds is 4. The van der Waals surface area contributed by atoms with Crippen molar-refractivity contribution in [2.75, 3.05) is 0 Å². The molecule has 1 radical (unpaired) electrons. The van der Waals surface area contributed by atoms with E-state index in [2.05, 4.69) is 32.2 Å². The van der Waals surface area contributed by atoms with E-state index in [0.717, 1.165) is 0 Å². The van der Waals surface area contributed by atoms with E-state index in [-0.39, 0.29) is 16.8 Å². The van der Waals surface area contributed by atoms with Crippen LogP contribution in [0.1, 0.15) is 26.7 Å². The first-order valence-corrected chi connectivity index (χ1v) is 4.22. The molecule has 0 aromatic carbocycles. The summed E-state index contributed by atoms with van der Waals surface area (Å²) in [6.07, 6.45) is 14.7. The van der Waals surface area contributed by atoms with Crippen LogP contribution in [0.5, 0.6) is 0 Å². The molecule has 0 saturated carbocycles. The number of unbranched alkanes of at least 4 members (excludes halogenated alkanes) is 1. The minimum absolute atomic E-state index is 0. The van der Waals surface area contributed by atoms with Crippen LogP contribution in [-0.4, -0.2) is 0 Å². The van der Waals surface area contributed by atoms with E-state index in [1.165, 1.54) is 12.8 Å². The predicted molar refractivity (Wildman–Crippen MR) is 57.9 cm³/mol. The van der Waals surface area contributed by atoms with Gasteiger partial charge in [-0.05, 0) is 0 Å². The Morgan fingerprint density at radius 3 is 2.08 bits per heavy atom. The smallest absolute Gasteiger partial charge is 0 e. The van der Waals surface area contributed by atoms with Gasteiger partial charge in [-0.1, -0.05) is 45.1 Å². The standard InChI is InChI=1S/C8H13.C4H6.Co/c1-3-5-7-8-6-4-2;1-3-4-2;/h6-8H,3,5H2,1-2H3;3-4H,1-2H2;/q-1;;. The van der Waals surface area contributed by atoms with Gasteiger partial charge in [0.2, 0.25) is 0 Å². The number of allylic oxidation sites excluding steroid dienone is 6. The molecule has 0 atom stereocenters. The average molecular weight is 222 g/mol. The molecule has 0 amide bonds. The molecule has 0 bridgehead atoms. The van der Waals surface area contributed by atoms with Gasteiger partial charge >= 0.3 is 0 Å². The molecule has 1 heteroatoms. The molecule has 0 rings (SSSR count). The fraction of sp³-hybridized carbons (Fsp3) is 0.333. The van der Waals surface area contributed by atoms with Crippen molar-refractivity contribution in [1.82, 2.24) is 0 Å². The van der Waals surface area contributed by atoms with E-state index in [9.17, 15) is 0 Å². The molecule has 0 aromatic heterocycles. The topological polar surface area (TPSA) is 0 Å². The Morgan fingerprint density at radius 2 is 1.77 bits per heavy atom. The first-order valence-electron chi connectivity index (χ1n) is 4.22. The molecule has 13 heavy (non-hydrogen) atoms. The summed E-state index contributed by atoms with van der Waals surface area (Å²) in [6.45, 7) is 10.8. The van der Waals surface area contributed by atoms with Gasteiger partial charge in [0.1, 0.15) is 0 Å². The Labute approximate surface area is 93.3 Å². The van der Waals surface area contributed by atoms with Crippen LogP contribution in [0.25, 0.3) is 0 Å². The average Bonchev–Trinajstić information content (AvgIpc) is 2.13. The van der Waals surface area contributed by atoms with E-state index in [1.54, 1.807) is 12.2 Å². The Hall–Kier alpha value is -0.534. The van der Waals surface area contributed by atoms with Gasteiger partial charge in [-0.3, -0.25) is 6.08 Å². The molecule has 0 N–H and O–H groups in total. The Kier molecular flexibility index (Phi) is 31.7. The molecular formula is C12H19Co-. The third kappa shape index (κ3) is 34.4. The van der Waals surface area contributed by atoms with Crippen molar-refractivity contribution in [1.29, 1.82) is 0 Å². The second kappa shape index (κ2) is 22.5. The molecule has 0 aromatic rings. The quantitative estimate of drug-likeness (QED) is 0.496. The Bertz CT molecular complexity index is 137. The van der Waals surface area contributed by atoms with Crippen molar-refractivity contribution in [3.63, 3.8) is 0 Å². The van der Waals surface area contributed by atoms with Crippen molar-refractivity contribution in [3.05, 3.63) is 49.6 Å². The fourth-order valence-electron chi connectivity index (χ4n) is 0.427. The molecule has 0 aliphatic rings. The normalized spacial score (nSPS) is 8.77. The fourth-order valence-corrected chi connectivity index (χ4v) is 0.427. The van der Waals surface area contributed by atoms with Crippen LogP contribution in [0.4, 0.5) is 0 Å². The maximum atomic E-state index is 3.36. The van der Waals surface area contributed by atoms with Gasteiger partial charge in [0.15, 0.2) is 0 Å². The molecule has 0 nitrogen and oxygen atoms in total. The zero-order chi connectivity index (χ0) is 9.66. The summed E-state index contributed by atoms with van der Waals surface area (Å²) in [6, 6.07) is 0. The summed E-state index contributed by atoms with van der Waals surface area (Å²) >= 11 is 0. The van der Waals surface area contributed by atoms with Crippen molar-refractivity contribution >= 4 is 0 Å². The Morgan fingerprint density at radius 1 is 1.23 bits per heavy atom. The summed E-state index contributed by atoms with van der Waals surface area (Å²) in [5.41, 5.74) is 0.